The number of anilines is 1. The van der Waals surface area contributed by atoms with Crippen LogP contribution in [-0.4, -0.2) is 18.4 Å². The Morgan fingerprint density at radius 2 is 1.61 bits per heavy atom. The molecular weight excluding hydrogens is 359 g/mol. The van der Waals surface area contributed by atoms with Crippen molar-refractivity contribution in [3.8, 4) is 11.5 Å². The number of nitrogens with one attached hydrogen (secondary N) is 2. The lowest BCUT2D eigenvalue weighted by Crippen LogP contribution is -2.32. The van der Waals surface area contributed by atoms with E-state index in [1.165, 1.54) is 24.3 Å². The van der Waals surface area contributed by atoms with Crippen molar-refractivity contribution >= 4 is 17.5 Å². The summed E-state index contributed by atoms with van der Waals surface area (Å²) >= 11 is 0. The van der Waals surface area contributed by atoms with Gasteiger partial charge in [0.05, 0.1) is 12.2 Å². The van der Waals surface area contributed by atoms with E-state index in [1.807, 2.05) is 31.2 Å². The molecule has 0 aliphatic rings. The Morgan fingerprint density at radius 3 is 2.32 bits per heavy atom. The number of rotatable bonds is 6. The fourth-order valence-electron chi connectivity index (χ4n) is 2.45. The number of hydrogen-bond donors (Lipinski definition) is 2. The van der Waals surface area contributed by atoms with E-state index in [9.17, 15) is 14.0 Å². The van der Waals surface area contributed by atoms with Crippen LogP contribution in [0.4, 0.5) is 10.1 Å². The van der Waals surface area contributed by atoms with Crippen LogP contribution in [0.1, 0.15) is 15.9 Å². The predicted molar refractivity (Wildman–Crippen MR) is 105 cm³/mol. The largest absolute Gasteiger partial charge is 0.455 e. The summed E-state index contributed by atoms with van der Waals surface area (Å²) in [7, 11) is 0. The molecule has 0 aliphatic carbocycles. The number of para-hydroxylation sites is 2. The van der Waals surface area contributed by atoms with Crippen LogP contribution < -0.4 is 15.4 Å². The number of ether oxygens (including phenoxy) is 1. The monoisotopic (exact) mass is 378 g/mol. The van der Waals surface area contributed by atoms with Gasteiger partial charge in [-0.1, -0.05) is 29.8 Å². The van der Waals surface area contributed by atoms with Crippen LogP contribution in [0, 0.1) is 12.7 Å². The van der Waals surface area contributed by atoms with Crippen molar-refractivity contribution < 1.29 is 18.7 Å². The minimum absolute atomic E-state index is 0.227. The molecular formula is C22H19FN2O3. The molecule has 5 nitrogen and oxygen atoms in total. The van der Waals surface area contributed by atoms with Crippen LogP contribution in [0.5, 0.6) is 11.5 Å². The lowest BCUT2D eigenvalue weighted by Gasteiger charge is -2.13. The fourth-order valence-corrected chi connectivity index (χ4v) is 2.45. The summed E-state index contributed by atoms with van der Waals surface area (Å²) in [5.74, 6) is -0.157. The van der Waals surface area contributed by atoms with Crippen LogP contribution in [-0.2, 0) is 4.79 Å². The van der Waals surface area contributed by atoms with Gasteiger partial charge in [0, 0.05) is 5.56 Å². The van der Waals surface area contributed by atoms with Crippen LogP contribution in [0.2, 0.25) is 0 Å². The molecule has 0 unspecified atom stereocenters. The van der Waals surface area contributed by atoms with E-state index >= 15 is 0 Å². The van der Waals surface area contributed by atoms with Gasteiger partial charge in [-0.3, -0.25) is 9.59 Å². The number of aryl methyl sites for hydroxylation is 1. The molecule has 2 amide bonds. The molecule has 0 aromatic heterocycles. The Morgan fingerprint density at radius 1 is 0.929 bits per heavy atom. The number of carbonyl (C=O) groups is 2. The number of hydrogen-bond acceptors (Lipinski definition) is 3. The van der Waals surface area contributed by atoms with Gasteiger partial charge in [-0.25, -0.2) is 4.39 Å². The molecule has 0 spiro atoms. The third-order valence-electron chi connectivity index (χ3n) is 3.93. The van der Waals surface area contributed by atoms with Gasteiger partial charge in [0.25, 0.3) is 5.91 Å². The third kappa shape index (κ3) is 5.17. The van der Waals surface area contributed by atoms with E-state index in [-0.39, 0.29) is 12.1 Å². The molecule has 3 rings (SSSR count). The zero-order valence-electron chi connectivity index (χ0n) is 15.2. The normalized spacial score (nSPS) is 10.2. The number of halogens is 1. The third-order valence-corrected chi connectivity index (χ3v) is 3.93. The van der Waals surface area contributed by atoms with E-state index in [0.717, 1.165) is 5.56 Å². The first-order valence-corrected chi connectivity index (χ1v) is 8.68. The molecule has 0 aliphatic heterocycles. The van der Waals surface area contributed by atoms with Crippen LogP contribution in [0.25, 0.3) is 0 Å². The zero-order chi connectivity index (χ0) is 19.9. The van der Waals surface area contributed by atoms with Gasteiger partial charge in [-0.05, 0) is 55.5 Å². The van der Waals surface area contributed by atoms with E-state index < -0.39 is 17.6 Å². The molecule has 142 valence electrons. The van der Waals surface area contributed by atoms with Gasteiger partial charge in [0.1, 0.15) is 11.6 Å². The zero-order valence-corrected chi connectivity index (χ0v) is 15.2. The topological polar surface area (TPSA) is 67.4 Å². The first kappa shape index (κ1) is 19.1. The van der Waals surface area contributed by atoms with Gasteiger partial charge in [0.15, 0.2) is 5.75 Å². The maximum absolute atomic E-state index is 12.9. The molecule has 0 radical (unpaired) electrons. The van der Waals surface area contributed by atoms with E-state index in [4.69, 9.17) is 4.74 Å². The fraction of sp³-hybridized carbons (Fsp3) is 0.0909. The Hall–Kier alpha value is -3.67. The lowest BCUT2D eigenvalue weighted by atomic mass is 10.2. The molecule has 6 heteroatoms. The second-order valence-corrected chi connectivity index (χ2v) is 6.15. The van der Waals surface area contributed by atoms with E-state index in [0.29, 0.717) is 17.2 Å². The summed E-state index contributed by atoms with van der Waals surface area (Å²) in [6, 6.07) is 19.7. The molecule has 0 atom stereocenters. The van der Waals surface area contributed by atoms with Crippen molar-refractivity contribution in [2.75, 3.05) is 11.9 Å². The summed E-state index contributed by atoms with van der Waals surface area (Å²) in [5, 5.41) is 5.22. The first-order valence-electron chi connectivity index (χ1n) is 8.68. The predicted octanol–water partition coefficient (Wildman–Crippen LogP) is 4.29. The number of carbonyl (C=O) groups excluding carboxylic acids is 2. The molecule has 0 bridgehead atoms. The van der Waals surface area contributed by atoms with Crippen molar-refractivity contribution in [3.05, 3.63) is 89.7 Å². The van der Waals surface area contributed by atoms with Crippen molar-refractivity contribution in [1.82, 2.24) is 5.32 Å². The molecule has 0 fully saturated rings. The van der Waals surface area contributed by atoms with Crippen LogP contribution in [0.15, 0.2) is 72.8 Å². The average Bonchev–Trinajstić information content (AvgIpc) is 2.70. The van der Waals surface area contributed by atoms with E-state index in [2.05, 4.69) is 10.6 Å². The first-order chi connectivity index (χ1) is 13.5. The minimum Gasteiger partial charge on any atom is -0.455 e. The summed E-state index contributed by atoms with van der Waals surface area (Å²) in [6.45, 7) is 1.76. The lowest BCUT2D eigenvalue weighted by molar-refractivity contribution is -0.115. The average molecular weight is 378 g/mol. The highest BCUT2D eigenvalue weighted by Gasteiger charge is 2.11. The molecule has 3 aromatic carbocycles. The molecule has 28 heavy (non-hydrogen) atoms. The maximum Gasteiger partial charge on any atom is 0.251 e. The second-order valence-electron chi connectivity index (χ2n) is 6.15. The van der Waals surface area contributed by atoms with Gasteiger partial charge in [-0.2, -0.15) is 0 Å². The highest BCUT2D eigenvalue weighted by molar-refractivity contribution is 5.99. The number of benzene rings is 3. The van der Waals surface area contributed by atoms with Gasteiger partial charge in [0.2, 0.25) is 5.91 Å². The van der Waals surface area contributed by atoms with Gasteiger partial charge < -0.3 is 15.4 Å². The number of amides is 2. The van der Waals surface area contributed by atoms with Gasteiger partial charge in [-0.15, -0.1) is 0 Å². The molecule has 0 saturated carbocycles. The second kappa shape index (κ2) is 8.81. The van der Waals surface area contributed by atoms with Crippen molar-refractivity contribution in [2.24, 2.45) is 0 Å². The summed E-state index contributed by atoms with van der Waals surface area (Å²) < 4.78 is 18.7. The Labute approximate surface area is 162 Å². The Balaban J connectivity index is 1.60. The van der Waals surface area contributed by atoms with E-state index in [1.54, 1.807) is 24.3 Å². The van der Waals surface area contributed by atoms with Crippen molar-refractivity contribution in [2.45, 2.75) is 6.92 Å². The molecule has 3 aromatic rings. The SMILES string of the molecule is Cc1ccc(Oc2ccccc2NC(=O)CNC(=O)c2ccc(F)cc2)cc1. The standard InChI is InChI=1S/C22H19FN2O3/c1-15-6-12-18(13-7-15)28-20-5-3-2-4-19(20)25-21(26)14-24-22(27)16-8-10-17(23)11-9-16/h2-13H,14H2,1H3,(H,24,27)(H,25,26). The van der Waals surface area contributed by atoms with Crippen molar-refractivity contribution in [1.29, 1.82) is 0 Å². The summed E-state index contributed by atoms with van der Waals surface area (Å²) in [6.07, 6.45) is 0. The van der Waals surface area contributed by atoms with Crippen LogP contribution in [0.3, 0.4) is 0 Å². The Kier molecular flexibility index (Phi) is 6.01. The molecule has 0 saturated heterocycles. The Bertz CT molecular complexity index is 970. The minimum atomic E-state index is -0.459. The quantitative estimate of drug-likeness (QED) is 0.672. The maximum atomic E-state index is 12.9. The van der Waals surface area contributed by atoms with Crippen molar-refractivity contribution in [3.63, 3.8) is 0 Å². The summed E-state index contributed by atoms with van der Waals surface area (Å²) in [4.78, 5) is 24.2. The van der Waals surface area contributed by atoms with Gasteiger partial charge >= 0.3 is 0 Å². The molecule has 0 heterocycles. The summed E-state index contributed by atoms with van der Waals surface area (Å²) in [5.41, 5.74) is 1.88. The molecule has 2 N–H and O–H groups in total. The van der Waals surface area contributed by atoms with Crippen LogP contribution >= 0.6 is 0 Å². The highest BCUT2D eigenvalue weighted by atomic mass is 19.1. The smallest absolute Gasteiger partial charge is 0.251 e. The highest BCUT2D eigenvalue weighted by Crippen LogP contribution is 2.29.